The number of piperidine rings is 1. The van der Waals surface area contributed by atoms with E-state index >= 15 is 0 Å². The highest BCUT2D eigenvalue weighted by atomic mass is 35.5. The first-order valence-electron chi connectivity index (χ1n) is 8.60. The fourth-order valence-electron chi connectivity index (χ4n) is 3.07. The highest BCUT2D eigenvalue weighted by molar-refractivity contribution is 6.34. The number of amides is 1. The van der Waals surface area contributed by atoms with E-state index in [0.29, 0.717) is 28.6 Å². The smallest absolute Gasteiger partial charge is 0.310 e. The normalized spacial score (nSPS) is 17.1. The maximum absolute atomic E-state index is 13.4. The van der Waals surface area contributed by atoms with Gasteiger partial charge in [-0.25, -0.2) is 4.39 Å². The van der Waals surface area contributed by atoms with Crippen LogP contribution >= 0.6 is 23.2 Å². The van der Waals surface area contributed by atoms with Crippen molar-refractivity contribution in [3.05, 3.63) is 63.9 Å². The third-order valence-corrected chi connectivity index (χ3v) is 4.86. The average molecular weight is 410 g/mol. The lowest BCUT2D eigenvalue weighted by atomic mass is 9.97. The average Bonchev–Trinajstić information content (AvgIpc) is 2.61. The Morgan fingerprint density at radius 3 is 2.63 bits per heavy atom. The molecule has 1 saturated heterocycles. The molecule has 1 atom stereocenters. The van der Waals surface area contributed by atoms with Crippen LogP contribution in [0.5, 0.6) is 0 Å². The second-order valence-electron chi connectivity index (χ2n) is 6.42. The van der Waals surface area contributed by atoms with Gasteiger partial charge in [-0.1, -0.05) is 29.3 Å². The quantitative estimate of drug-likeness (QED) is 0.674. The van der Waals surface area contributed by atoms with Crippen molar-refractivity contribution in [1.29, 1.82) is 0 Å². The van der Waals surface area contributed by atoms with E-state index in [4.69, 9.17) is 27.9 Å². The fraction of sp³-hybridized carbons (Fsp3) is 0.300. The van der Waals surface area contributed by atoms with Gasteiger partial charge >= 0.3 is 5.97 Å². The van der Waals surface area contributed by atoms with E-state index < -0.39 is 11.7 Å². The molecule has 0 aromatic heterocycles. The molecule has 3 rings (SSSR count). The Hall–Kier alpha value is -2.11. The Morgan fingerprint density at radius 2 is 1.93 bits per heavy atom. The van der Waals surface area contributed by atoms with Crippen LogP contribution in [0.2, 0.25) is 10.0 Å². The Labute approximate surface area is 166 Å². The molecular weight excluding hydrogens is 392 g/mol. The van der Waals surface area contributed by atoms with Crippen molar-refractivity contribution < 1.29 is 18.7 Å². The molecule has 4 nitrogen and oxygen atoms in total. The lowest BCUT2D eigenvalue weighted by molar-refractivity contribution is -0.149. The molecule has 7 heteroatoms. The molecule has 27 heavy (non-hydrogen) atoms. The molecule has 0 N–H and O–H groups in total. The van der Waals surface area contributed by atoms with Gasteiger partial charge in [0.15, 0.2) is 0 Å². The molecule has 1 aliphatic rings. The van der Waals surface area contributed by atoms with Gasteiger partial charge in [-0.2, -0.15) is 0 Å². The second kappa shape index (κ2) is 8.72. The number of rotatable bonds is 5. The van der Waals surface area contributed by atoms with Crippen LogP contribution in [0, 0.1) is 11.7 Å². The first-order chi connectivity index (χ1) is 12.9. The minimum absolute atomic E-state index is 0.127. The maximum atomic E-state index is 13.4. The van der Waals surface area contributed by atoms with Crippen LogP contribution < -0.4 is 4.90 Å². The number of hydrogen-bond acceptors (Lipinski definition) is 3. The predicted molar refractivity (Wildman–Crippen MR) is 103 cm³/mol. The molecular formula is C20H18Cl2FNO3. The monoisotopic (exact) mass is 409 g/mol. The Kier molecular flexibility index (Phi) is 6.34. The summed E-state index contributed by atoms with van der Waals surface area (Å²) < 4.78 is 18.8. The second-order valence-corrected chi connectivity index (χ2v) is 7.29. The molecule has 0 saturated carbocycles. The Bertz CT molecular complexity index is 839. The van der Waals surface area contributed by atoms with Gasteiger partial charge in [0.1, 0.15) is 5.82 Å². The van der Waals surface area contributed by atoms with Crippen LogP contribution in [0.1, 0.15) is 18.4 Å². The minimum atomic E-state index is -0.436. The standard InChI is InChI=1S/C20H18Cl2FNO3/c21-15-8-13(9-16(22)10-15)6-7-27-20(26)14-4-5-19(25)24(12-14)18-3-1-2-17(23)11-18/h1-3,8-11,14H,4-7,12H2. The molecule has 1 fully saturated rings. The molecule has 0 spiro atoms. The van der Waals surface area contributed by atoms with E-state index in [1.165, 1.54) is 23.1 Å². The third-order valence-electron chi connectivity index (χ3n) is 4.42. The van der Waals surface area contributed by atoms with E-state index in [-0.39, 0.29) is 31.4 Å². The van der Waals surface area contributed by atoms with Crippen molar-refractivity contribution in [2.45, 2.75) is 19.3 Å². The summed E-state index contributed by atoms with van der Waals surface area (Å²) >= 11 is 11.9. The van der Waals surface area contributed by atoms with E-state index in [1.54, 1.807) is 24.3 Å². The largest absolute Gasteiger partial charge is 0.465 e. The highest BCUT2D eigenvalue weighted by Gasteiger charge is 2.32. The summed E-state index contributed by atoms with van der Waals surface area (Å²) in [5.41, 5.74) is 1.33. The van der Waals surface area contributed by atoms with Gasteiger partial charge in [0.25, 0.3) is 0 Å². The molecule has 1 aliphatic heterocycles. The molecule has 0 bridgehead atoms. The molecule has 142 valence electrons. The van der Waals surface area contributed by atoms with Crippen molar-refractivity contribution >= 4 is 40.8 Å². The molecule has 2 aromatic rings. The topological polar surface area (TPSA) is 46.6 Å². The number of nitrogens with zero attached hydrogens (tertiary/aromatic N) is 1. The number of esters is 1. The van der Waals surface area contributed by atoms with Crippen molar-refractivity contribution in [2.24, 2.45) is 5.92 Å². The number of benzene rings is 2. The van der Waals surface area contributed by atoms with E-state index in [1.807, 2.05) is 0 Å². The van der Waals surface area contributed by atoms with E-state index in [9.17, 15) is 14.0 Å². The summed E-state index contributed by atoms with van der Waals surface area (Å²) in [7, 11) is 0. The summed E-state index contributed by atoms with van der Waals surface area (Å²) in [5.74, 6) is -1.35. The van der Waals surface area contributed by atoms with Gasteiger partial charge in [-0.05, 0) is 48.4 Å². The van der Waals surface area contributed by atoms with E-state index in [2.05, 4.69) is 0 Å². The third kappa shape index (κ3) is 5.21. The number of carbonyl (C=O) groups is 2. The zero-order valence-electron chi connectivity index (χ0n) is 14.5. The number of hydrogen-bond donors (Lipinski definition) is 0. The number of ether oxygens (including phenoxy) is 1. The van der Waals surface area contributed by atoms with Crippen molar-refractivity contribution in [3.63, 3.8) is 0 Å². The van der Waals surface area contributed by atoms with Crippen LogP contribution in [0.15, 0.2) is 42.5 Å². The SMILES string of the molecule is O=C(OCCc1cc(Cl)cc(Cl)c1)C1CCC(=O)N(c2cccc(F)c2)C1. The summed E-state index contributed by atoms with van der Waals surface area (Å²) in [6.45, 7) is 0.379. The van der Waals surface area contributed by atoms with Crippen LogP contribution in [0.3, 0.4) is 0 Å². The predicted octanol–water partition coefficient (Wildman–Crippen LogP) is 4.66. The van der Waals surface area contributed by atoms with Crippen molar-refractivity contribution in [1.82, 2.24) is 0 Å². The van der Waals surface area contributed by atoms with Gasteiger partial charge in [-0.3, -0.25) is 9.59 Å². The van der Waals surface area contributed by atoms with Gasteiger partial charge in [0, 0.05) is 35.1 Å². The minimum Gasteiger partial charge on any atom is -0.465 e. The van der Waals surface area contributed by atoms with Gasteiger partial charge in [0.05, 0.1) is 12.5 Å². The van der Waals surface area contributed by atoms with Crippen LogP contribution in [-0.2, 0) is 20.7 Å². The van der Waals surface area contributed by atoms with Gasteiger partial charge in [0.2, 0.25) is 5.91 Å². The Morgan fingerprint density at radius 1 is 1.19 bits per heavy atom. The Balaban J connectivity index is 1.57. The first-order valence-corrected chi connectivity index (χ1v) is 9.35. The molecule has 0 aliphatic carbocycles. The number of carbonyl (C=O) groups excluding carboxylic acids is 2. The number of anilines is 1. The van der Waals surface area contributed by atoms with Crippen molar-refractivity contribution in [2.75, 3.05) is 18.1 Å². The lowest BCUT2D eigenvalue weighted by Crippen LogP contribution is -2.43. The molecule has 1 unspecified atom stereocenters. The molecule has 1 amide bonds. The zero-order valence-corrected chi connectivity index (χ0v) is 16.0. The first kappa shape index (κ1) is 19.6. The summed E-state index contributed by atoms with van der Waals surface area (Å²) in [5, 5.41) is 1.06. The summed E-state index contributed by atoms with van der Waals surface area (Å²) in [4.78, 5) is 26.0. The fourth-order valence-corrected chi connectivity index (χ4v) is 3.65. The van der Waals surface area contributed by atoms with E-state index in [0.717, 1.165) is 5.56 Å². The molecule has 2 aromatic carbocycles. The maximum Gasteiger partial charge on any atom is 0.310 e. The molecule has 1 heterocycles. The van der Waals surface area contributed by atoms with Crippen LogP contribution in [0.4, 0.5) is 10.1 Å². The zero-order chi connectivity index (χ0) is 19.4. The van der Waals surface area contributed by atoms with Crippen LogP contribution in [0.25, 0.3) is 0 Å². The summed E-state index contributed by atoms with van der Waals surface area (Å²) in [6.07, 6.45) is 1.14. The summed E-state index contributed by atoms with van der Waals surface area (Å²) in [6, 6.07) is 11.0. The van der Waals surface area contributed by atoms with Crippen LogP contribution in [-0.4, -0.2) is 25.0 Å². The lowest BCUT2D eigenvalue weighted by Gasteiger charge is -2.31. The van der Waals surface area contributed by atoms with Crippen molar-refractivity contribution in [3.8, 4) is 0 Å². The van der Waals surface area contributed by atoms with Gasteiger partial charge < -0.3 is 9.64 Å². The van der Waals surface area contributed by atoms with Gasteiger partial charge in [-0.15, -0.1) is 0 Å². The highest BCUT2D eigenvalue weighted by Crippen LogP contribution is 2.26. The molecule has 0 radical (unpaired) electrons. The number of halogens is 3.